The van der Waals surface area contributed by atoms with Gasteiger partial charge in [-0.2, -0.15) is 0 Å². The van der Waals surface area contributed by atoms with Gasteiger partial charge in [-0.15, -0.1) is 11.3 Å². The van der Waals surface area contributed by atoms with Crippen molar-refractivity contribution in [3.8, 4) is 5.75 Å². The van der Waals surface area contributed by atoms with Gasteiger partial charge in [0.2, 0.25) is 5.91 Å². The van der Waals surface area contributed by atoms with Crippen molar-refractivity contribution in [2.45, 2.75) is 12.1 Å². The smallest absolute Gasteiger partial charge is 0.269 e. The van der Waals surface area contributed by atoms with Gasteiger partial charge in [0.05, 0.1) is 24.1 Å². The Balaban J connectivity index is 1.69. The highest BCUT2D eigenvalue weighted by Crippen LogP contribution is 2.25. The maximum absolute atomic E-state index is 12.2. The minimum Gasteiger partial charge on any atom is -0.495 e. The van der Waals surface area contributed by atoms with Gasteiger partial charge in [-0.05, 0) is 36.1 Å². The molecule has 3 rings (SSSR count). The van der Waals surface area contributed by atoms with Crippen molar-refractivity contribution in [3.05, 3.63) is 45.6 Å². The second-order valence-electron chi connectivity index (χ2n) is 5.05. The van der Waals surface area contributed by atoms with Gasteiger partial charge in [0.25, 0.3) is 5.56 Å². The van der Waals surface area contributed by atoms with Gasteiger partial charge >= 0.3 is 0 Å². The Hall–Kier alpha value is -2.32. The molecule has 2 aromatic heterocycles. The maximum Gasteiger partial charge on any atom is 0.269 e. The fraction of sp³-hybridized carbons (Fsp3) is 0.188. The third kappa shape index (κ3) is 3.60. The number of fused-ring (bicyclic) bond motifs is 1. The molecule has 8 heteroatoms. The van der Waals surface area contributed by atoms with Crippen LogP contribution in [0.1, 0.15) is 5.56 Å². The Morgan fingerprint density at radius 1 is 1.42 bits per heavy atom. The minimum absolute atomic E-state index is 0.135. The standard InChI is InChI=1S/C16H15N3O3S2/c1-9-3-4-12(22-2)11(7-9)17-13(20)8-24-16-18-10-5-6-23-14(10)15(21)19-16/h3-7H,8H2,1-2H3,(H,17,20)(H,18,19,21). The first-order valence-electron chi connectivity index (χ1n) is 7.11. The van der Waals surface area contributed by atoms with Gasteiger partial charge < -0.3 is 15.0 Å². The summed E-state index contributed by atoms with van der Waals surface area (Å²) in [5.41, 5.74) is 2.11. The molecule has 0 radical (unpaired) electrons. The summed E-state index contributed by atoms with van der Waals surface area (Å²) in [6.45, 7) is 1.94. The van der Waals surface area contributed by atoms with Gasteiger partial charge in [0.1, 0.15) is 10.4 Å². The van der Waals surface area contributed by atoms with Crippen molar-refractivity contribution in [2.75, 3.05) is 18.2 Å². The van der Waals surface area contributed by atoms with Crippen molar-refractivity contribution in [3.63, 3.8) is 0 Å². The topological polar surface area (TPSA) is 84.1 Å². The number of nitrogens with zero attached hydrogens (tertiary/aromatic N) is 1. The molecular weight excluding hydrogens is 346 g/mol. The van der Waals surface area contributed by atoms with Gasteiger partial charge in [0, 0.05) is 0 Å². The van der Waals surface area contributed by atoms with Crippen LogP contribution in [0.25, 0.3) is 10.2 Å². The van der Waals surface area contributed by atoms with Crippen LogP contribution in [0.4, 0.5) is 5.69 Å². The van der Waals surface area contributed by atoms with Crippen molar-refractivity contribution < 1.29 is 9.53 Å². The second kappa shape index (κ2) is 7.06. The Kier molecular flexibility index (Phi) is 4.86. The molecule has 124 valence electrons. The summed E-state index contributed by atoms with van der Waals surface area (Å²) in [4.78, 5) is 31.1. The number of ether oxygens (including phenoxy) is 1. The van der Waals surface area contributed by atoms with Crippen LogP contribution in [-0.2, 0) is 4.79 Å². The number of rotatable bonds is 5. The molecule has 0 unspecified atom stereocenters. The van der Waals surface area contributed by atoms with E-state index >= 15 is 0 Å². The largest absolute Gasteiger partial charge is 0.495 e. The highest BCUT2D eigenvalue weighted by atomic mass is 32.2. The van der Waals surface area contributed by atoms with Crippen LogP contribution in [0, 0.1) is 6.92 Å². The molecule has 1 amide bonds. The van der Waals surface area contributed by atoms with E-state index in [0.717, 1.165) is 5.56 Å². The Labute approximate surface area is 146 Å². The first-order chi connectivity index (χ1) is 11.6. The lowest BCUT2D eigenvalue weighted by Crippen LogP contribution is -2.16. The second-order valence-corrected chi connectivity index (χ2v) is 6.93. The summed E-state index contributed by atoms with van der Waals surface area (Å²) >= 11 is 2.53. The molecule has 24 heavy (non-hydrogen) atoms. The number of hydrogen-bond donors (Lipinski definition) is 2. The van der Waals surface area contributed by atoms with E-state index in [9.17, 15) is 9.59 Å². The molecule has 1 aromatic carbocycles. The normalized spacial score (nSPS) is 10.8. The number of nitrogens with one attached hydrogen (secondary N) is 2. The third-order valence-corrected chi connectivity index (χ3v) is 5.04. The average Bonchev–Trinajstić information content (AvgIpc) is 3.02. The number of benzene rings is 1. The minimum atomic E-state index is -0.197. The molecule has 0 fully saturated rings. The van der Waals surface area contributed by atoms with Crippen molar-refractivity contribution in [1.29, 1.82) is 0 Å². The van der Waals surface area contributed by atoms with Crippen LogP contribution in [0.5, 0.6) is 5.75 Å². The summed E-state index contributed by atoms with van der Waals surface area (Å²) in [5.74, 6) is 0.539. The molecule has 0 aliphatic heterocycles. The number of aromatic nitrogens is 2. The summed E-state index contributed by atoms with van der Waals surface area (Å²) < 4.78 is 5.83. The van der Waals surface area contributed by atoms with Crippen molar-refractivity contribution in [1.82, 2.24) is 9.97 Å². The van der Waals surface area contributed by atoms with E-state index in [2.05, 4.69) is 15.3 Å². The Bertz CT molecular complexity index is 949. The van der Waals surface area contributed by atoms with E-state index in [0.29, 0.717) is 26.8 Å². The van der Waals surface area contributed by atoms with E-state index in [1.807, 2.05) is 30.5 Å². The van der Waals surface area contributed by atoms with E-state index in [4.69, 9.17) is 4.74 Å². The first kappa shape index (κ1) is 16.5. The number of H-pyrrole nitrogens is 1. The third-order valence-electron chi connectivity index (χ3n) is 3.26. The molecular formula is C16H15N3O3S2. The number of thiophene rings is 1. The summed E-state index contributed by atoms with van der Waals surface area (Å²) in [7, 11) is 1.56. The van der Waals surface area contributed by atoms with Crippen LogP contribution >= 0.6 is 23.1 Å². The zero-order valence-corrected chi connectivity index (χ0v) is 14.7. The Morgan fingerprint density at radius 3 is 3.04 bits per heavy atom. The molecule has 3 aromatic rings. The zero-order chi connectivity index (χ0) is 17.1. The van der Waals surface area contributed by atoms with Gasteiger partial charge in [-0.25, -0.2) is 4.98 Å². The van der Waals surface area contributed by atoms with Gasteiger partial charge in [-0.1, -0.05) is 17.8 Å². The number of amides is 1. The van der Waals surface area contributed by atoms with Crippen LogP contribution in [-0.4, -0.2) is 28.7 Å². The summed E-state index contributed by atoms with van der Waals surface area (Å²) in [6.07, 6.45) is 0. The number of aryl methyl sites for hydroxylation is 1. The van der Waals surface area contributed by atoms with Crippen molar-refractivity contribution in [2.24, 2.45) is 0 Å². The molecule has 0 bridgehead atoms. The number of hydrogen-bond acceptors (Lipinski definition) is 6. The summed E-state index contributed by atoms with van der Waals surface area (Å²) in [6, 6.07) is 7.35. The highest BCUT2D eigenvalue weighted by Gasteiger charge is 2.11. The molecule has 0 atom stereocenters. The van der Waals surface area contributed by atoms with E-state index in [1.54, 1.807) is 13.2 Å². The average molecular weight is 361 g/mol. The fourth-order valence-corrected chi connectivity index (χ4v) is 3.55. The lowest BCUT2D eigenvalue weighted by atomic mass is 10.2. The number of carbonyl (C=O) groups is 1. The van der Waals surface area contributed by atoms with E-state index < -0.39 is 0 Å². The summed E-state index contributed by atoms with van der Waals surface area (Å²) in [5, 5.41) is 5.06. The molecule has 0 saturated heterocycles. The van der Waals surface area contributed by atoms with Crippen LogP contribution in [0.15, 0.2) is 39.6 Å². The monoisotopic (exact) mass is 361 g/mol. The number of methoxy groups -OCH3 is 1. The van der Waals surface area contributed by atoms with Crippen LogP contribution < -0.4 is 15.6 Å². The number of aromatic amines is 1. The van der Waals surface area contributed by atoms with E-state index in [-0.39, 0.29) is 17.2 Å². The maximum atomic E-state index is 12.2. The van der Waals surface area contributed by atoms with Crippen LogP contribution in [0.3, 0.4) is 0 Å². The molecule has 0 spiro atoms. The predicted molar refractivity (Wildman–Crippen MR) is 97.3 cm³/mol. The first-order valence-corrected chi connectivity index (χ1v) is 8.98. The Morgan fingerprint density at radius 2 is 2.25 bits per heavy atom. The molecule has 0 aliphatic rings. The molecule has 0 saturated carbocycles. The predicted octanol–water partition coefficient (Wildman–Crippen LogP) is 3.03. The zero-order valence-electron chi connectivity index (χ0n) is 13.1. The van der Waals surface area contributed by atoms with Gasteiger partial charge in [0.15, 0.2) is 5.16 Å². The van der Waals surface area contributed by atoms with E-state index in [1.165, 1.54) is 23.1 Å². The molecule has 2 heterocycles. The highest BCUT2D eigenvalue weighted by molar-refractivity contribution is 7.99. The number of carbonyl (C=O) groups excluding carboxylic acids is 1. The molecule has 2 N–H and O–H groups in total. The SMILES string of the molecule is COc1ccc(C)cc1NC(=O)CSc1nc2ccsc2c(=O)[nH]1. The van der Waals surface area contributed by atoms with Crippen LogP contribution in [0.2, 0.25) is 0 Å². The lowest BCUT2D eigenvalue weighted by Gasteiger charge is -2.10. The quantitative estimate of drug-likeness (QED) is 0.539. The number of thioether (sulfide) groups is 1. The fourth-order valence-electron chi connectivity index (χ4n) is 2.16. The van der Waals surface area contributed by atoms with Gasteiger partial charge in [-0.3, -0.25) is 9.59 Å². The number of anilines is 1. The molecule has 0 aliphatic carbocycles. The molecule has 6 nitrogen and oxygen atoms in total. The lowest BCUT2D eigenvalue weighted by molar-refractivity contribution is -0.113. The van der Waals surface area contributed by atoms with Crippen molar-refractivity contribution >= 4 is 44.9 Å².